The fourth-order valence-corrected chi connectivity index (χ4v) is 5.65. The van der Waals surface area contributed by atoms with Crippen molar-refractivity contribution in [2.75, 3.05) is 20.8 Å². The van der Waals surface area contributed by atoms with Crippen LogP contribution >= 0.6 is 0 Å². The molecule has 3 atom stereocenters. The zero-order valence-electron chi connectivity index (χ0n) is 23.0. The van der Waals surface area contributed by atoms with Gasteiger partial charge in [-0.25, -0.2) is 9.69 Å². The van der Waals surface area contributed by atoms with E-state index in [9.17, 15) is 14.7 Å². The number of benzene rings is 3. The van der Waals surface area contributed by atoms with Crippen molar-refractivity contribution in [1.82, 2.24) is 4.90 Å². The van der Waals surface area contributed by atoms with Crippen molar-refractivity contribution < 1.29 is 33.6 Å². The highest BCUT2D eigenvalue weighted by molar-refractivity contribution is 5.96. The van der Waals surface area contributed by atoms with Crippen LogP contribution in [0, 0.1) is 6.92 Å². The molecule has 1 fully saturated rings. The van der Waals surface area contributed by atoms with E-state index in [2.05, 4.69) is 0 Å². The largest absolute Gasteiger partial charge is 0.496 e. The van der Waals surface area contributed by atoms with Crippen LogP contribution in [0.3, 0.4) is 0 Å². The highest BCUT2D eigenvalue weighted by Gasteiger charge is 2.44. The lowest BCUT2D eigenvalue weighted by molar-refractivity contribution is -0.155. The van der Waals surface area contributed by atoms with Crippen molar-refractivity contribution in [3.63, 3.8) is 0 Å². The first-order valence-electron chi connectivity index (χ1n) is 13.5. The van der Waals surface area contributed by atoms with Crippen molar-refractivity contribution in [1.29, 1.82) is 0 Å². The molecule has 3 aromatic carbocycles. The molecule has 1 aliphatic heterocycles. The maximum Gasteiger partial charge on any atom is 0.417 e. The van der Waals surface area contributed by atoms with Gasteiger partial charge in [0.25, 0.3) is 5.91 Å². The maximum atomic E-state index is 14.0. The summed E-state index contributed by atoms with van der Waals surface area (Å²) < 4.78 is 22.7. The van der Waals surface area contributed by atoms with E-state index in [-0.39, 0.29) is 19.1 Å². The average Bonchev–Trinajstić information content (AvgIpc) is 3.55. The van der Waals surface area contributed by atoms with Crippen LogP contribution < -0.4 is 9.47 Å². The van der Waals surface area contributed by atoms with Gasteiger partial charge in [-0.05, 0) is 60.6 Å². The standard InChI is InChI=1S/C32H35NO7/c1-20-28(37-2)15-22(16-29(20)38-3)14-27(34)30(40-26-17-23-11-7-8-12-24(23)18-26)31(35)33-25(19-39-32(33)36)13-21-9-5-4-6-10-21/h4-12,15-16,25-27,30,34H,13-14,17-19H2,1-3H3/t25-,27-,30-/m1/s1. The Kier molecular flexibility index (Phi) is 8.38. The van der Waals surface area contributed by atoms with Gasteiger partial charge in [-0.3, -0.25) is 4.79 Å². The lowest BCUT2D eigenvalue weighted by Gasteiger charge is -2.30. The summed E-state index contributed by atoms with van der Waals surface area (Å²) in [5.74, 6) is 0.628. The third-order valence-electron chi connectivity index (χ3n) is 7.71. The van der Waals surface area contributed by atoms with Crippen LogP contribution in [0.15, 0.2) is 66.7 Å². The Bertz CT molecular complexity index is 1310. The molecule has 0 spiro atoms. The summed E-state index contributed by atoms with van der Waals surface area (Å²) >= 11 is 0. The van der Waals surface area contributed by atoms with E-state index in [0.717, 1.165) is 27.2 Å². The van der Waals surface area contributed by atoms with E-state index >= 15 is 0 Å². The normalized spacial score (nSPS) is 18.2. The number of hydrogen-bond donors (Lipinski definition) is 1. The van der Waals surface area contributed by atoms with Crippen LogP contribution in [-0.2, 0) is 40.0 Å². The second-order valence-electron chi connectivity index (χ2n) is 10.4. The van der Waals surface area contributed by atoms with Gasteiger partial charge in [0.15, 0.2) is 6.10 Å². The van der Waals surface area contributed by atoms with Gasteiger partial charge in [0.05, 0.1) is 32.5 Å². The second-order valence-corrected chi connectivity index (χ2v) is 10.4. The van der Waals surface area contributed by atoms with Gasteiger partial charge < -0.3 is 24.1 Å². The van der Waals surface area contributed by atoms with Gasteiger partial charge in [-0.1, -0.05) is 54.6 Å². The molecule has 8 heteroatoms. The number of nitrogens with zero attached hydrogens (tertiary/aromatic N) is 1. The van der Waals surface area contributed by atoms with Gasteiger partial charge in [0, 0.05) is 12.0 Å². The minimum atomic E-state index is -1.28. The van der Waals surface area contributed by atoms with E-state index in [0.29, 0.717) is 36.3 Å². The summed E-state index contributed by atoms with van der Waals surface area (Å²) in [5, 5.41) is 11.5. The molecule has 210 valence electrons. The third-order valence-corrected chi connectivity index (χ3v) is 7.71. The highest BCUT2D eigenvalue weighted by Crippen LogP contribution is 2.32. The minimum Gasteiger partial charge on any atom is -0.496 e. The molecule has 1 saturated heterocycles. The van der Waals surface area contributed by atoms with E-state index in [4.69, 9.17) is 18.9 Å². The average molecular weight is 546 g/mol. The number of carbonyl (C=O) groups excluding carboxylic acids is 2. The van der Waals surface area contributed by atoms with Crippen LogP contribution in [0.25, 0.3) is 0 Å². The molecule has 1 N–H and O–H groups in total. The summed E-state index contributed by atoms with van der Waals surface area (Å²) in [6.07, 6.45) is -1.76. The SMILES string of the molecule is COc1cc(C[C@@H](O)[C@@H](OC2Cc3ccccc3C2)C(=O)N2C(=O)OC[C@H]2Cc2ccccc2)cc(OC)c1C. The van der Waals surface area contributed by atoms with Crippen LogP contribution in [0.5, 0.6) is 11.5 Å². The smallest absolute Gasteiger partial charge is 0.417 e. The van der Waals surface area contributed by atoms with Crippen molar-refractivity contribution in [3.8, 4) is 11.5 Å². The number of aliphatic hydroxyl groups is 1. The van der Waals surface area contributed by atoms with E-state index < -0.39 is 30.3 Å². The Balaban J connectivity index is 1.41. The molecule has 3 aromatic rings. The van der Waals surface area contributed by atoms with Crippen molar-refractivity contribution in [2.45, 2.75) is 57.0 Å². The third kappa shape index (κ3) is 5.83. The Hall–Kier alpha value is -3.88. The lowest BCUT2D eigenvalue weighted by atomic mass is 9.99. The fourth-order valence-electron chi connectivity index (χ4n) is 5.65. The first kappa shape index (κ1) is 27.7. The van der Waals surface area contributed by atoms with E-state index in [1.807, 2.05) is 73.7 Å². The number of fused-ring (bicyclic) bond motifs is 1. The Morgan fingerprint density at radius 3 is 2.17 bits per heavy atom. The van der Waals surface area contributed by atoms with E-state index in [1.165, 1.54) is 0 Å². The molecule has 8 nitrogen and oxygen atoms in total. The molecule has 0 aromatic heterocycles. The zero-order chi connectivity index (χ0) is 28.2. The van der Waals surface area contributed by atoms with Crippen molar-refractivity contribution >= 4 is 12.0 Å². The lowest BCUT2D eigenvalue weighted by Crippen LogP contribution is -2.52. The molecule has 0 bridgehead atoms. The van der Waals surface area contributed by atoms with Crippen LogP contribution in [0.4, 0.5) is 4.79 Å². The molecule has 40 heavy (non-hydrogen) atoms. The number of hydrogen-bond acceptors (Lipinski definition) is 7. The number of imide groups is 1. The first-order chi connectivity index (χ1) is 19.4. The highest BCUT2D eigenvalue weighted by atomic mass is 16.6. The van der Waals surface area contributed by atoms with E-state index in [1.54, 1.807) is 14.2 Å². The van der Waals surface area contributed by atoms with Crippen molar-refractivity contribution in [3.05, 3.63) is 94.5 Å². The molecule has 0 unspecified atom stereocenters. The van der Waals surface area contributed by atoms with Crippen LogP contribution in [0.2, 0.25) is 0 Å². The molecule has 2 aliphatic rings. The Morgan fingerprint density at radius 2 is 1.57 bits per heavy atom. The predicted molar refractivity (Wildman–Crippen MR) is 149 cm³/mol. The Labute approximate surface area is 234 Å². The maximum absolute atomic E-state index is 14.0. The minimum absolute atomic E-state index is 0.0868. The molecular formula is C32H35NO7. The number of cyclic esters (lactones) is 1. The summed E-state index contributed by atoms with van der Waals surface area (Å²) in [5.41, 5.74) is 4.84. The number of amides is 2. The number of ether oxygens (including phenoxy) is 4. The van der Waals surface area contributed by atoms with Gasteiger partial charge in [-0.2, -0.15) is 0 Å². The summed E-state index contributed by atoms with van der Waals surface area (Å²) in [4.78, 5) is 28.0. The monoisotopic (exact) mass is 545 g/mol. The quantitative estimate of drug-likeness (QED) is 0.411. The fraction of sp³-hybridized carbons (Fsp3) is 0.375. The topological polar surface area (TPSA) is 94.5 Å². The number of carbonyl (C=O) groups is 2. The van der Waals surface area contributed by atoms with Crippen LogP contribution in [-0.4, -0.2) is 67.2 Å². The number of methoxy groups -OCH3 is 2. The Morgan fingerprint density at radius 1 is 0.975 bits per heavy atom. The second kappa shape index (κ2) is 12.1. The van der Waals surface area contributed by atoms with Crippen molar-refractivity contribution in [2.24, 2.45) is 0 Å². The predicted octanol–water partition coefficient (Wildman–Crippen LogP) is 4.06. The first-order valence-corrected chi connectivity index (χ1v) is 13.5. The molecule has 5 rings (SSSR count). The van der Waals surface area contributed by atoms with Gasteiger partial charge in [-0.15, -0.1) is 0 Å². The number of rotatable bonds is 10. The molecular weight excluding hydrogens is 510 g/mol. The zero-order valence-corrected chi connectivity index (χ0v) is 23.0. The van der Waals surface area contributed by atoms with Gasteiger partial charge >= 0.3 is 6.09 Å². The molecule has 2 amide bonds. The molecule has 0 radical (unpaired) electrons. The van der Waals surface area contributed by atoms with Crippen LogP contribution in [0.1, 0.15) is 27.8 Å². The molecule has 1 heterocycles. The number of aliphatic hydroxyl groups excluding tert-OH is 1. The molecule has 0 saturated carbocycles. The summed E-state index contributed by atoms with van der Waals surface area (Å²) in [6, 6.07) is 20.8. The summed E-state index contributed by atoms with van der Waals surface area (Å²) in [7, 11) is 3.14. The van der Waals surface area contributed by atoms with Gasteiger partial charge in [0.1, 0.15) is 18.1 Å². The van der Waals surface area contributed by atoms with Gasteiger partial charge in [0.2, 0.25) is 0 Å². The molecule has 1 aliphatic carbocycles. The summed E-state index contributed by atoms with van der Waals surface area (Å²) in [6.45, 7) is 1.97.